The van der Waals surface area contributed by atoms with E-state index in [1.54, 1.807) is 11.1 Å². The van der Waals surface area contributed by atoms with Gasteiger partial charge in [0.2, 0.25) is 0 Å². The maximum atomic E-state index is 9.77. The molecule has 1 aliphatic carbocycles. The predicted octanol–water partition coefficient (Wildman–Crippen LogP) is 1.80. The van der Waals surface area contributed by atoms with Crippen LogP contribution in [-0.4, -0.2) is 69.6 Å². The molecule has 1 aliphatic heterocycles. The van der Waals surface area contributed by atoms with Gasteiger partial charge in [0.25, 0.3) is 0 Å². The molecule has 2 aliphatic rings. The fourth-order valence-corrected chi connectivity index (χ4v) is 4.01. The van der Waals surface area contributed by atoms with Crippen molar-refractivity contribution in [1.82, 2.24) is 4.90 Å². The average molecular weight is 411 g/mol. The van der Waals surface area contributed by atoms with Crippen molar-refractivity contribution in [3.63, 3.8) is 0 Å². The lowest BCUT2D eigenvalue weighted by atomic mass is 9.87. The molecule has 158 valence electrons. The second-order valence-corrected chi connectivity index (χ2v) is 7.49. The zero-order valence-electron chi connectivity index (χ0n) is 16.6. The summed E-state index contributed by atoms with van der Waals surface area (Å²) < 4.78 is 0. The van der Waals surface area contributed by atoms with Crippen LogP contribution >= 0.6 is 0 Å². The van der Waals surface area contributed by atoms with Gasteiger partial charge in [-0.3, -0.25) is 0 Å². The molecule has 4 N–H and O–H groups in total. The lowest BCUT2D eigenvalue weighted by molar-refractivity contribution is -0.165. The summed E-state index contributed by atoms with van der Waals surface area (Å²) in [5.41, 5.74) is 7.64. The lowest BCUT2D eigenvalue weighted by Gasteiger charge is -2.27. The van der Waals surface area contributed by atoms with Crippen LogP contribution in [0.1, 0.15) is 29.0 Å². The van der Waals surface area contributed by atoms with Crippen LogP contribution in [0, 0.1) is 0 Å². The molecule has 7 nitrogen and oxygen atoms in total. The van der Waals surface area contributed by atoms with Gasteiger partial charge in [0, 0.05) is 19.0 Å². The molecule has 0 aromatic heterocycles. The van der Waals surface area contributed by atoms with Crippen LogP contribution in [0.15, 0.2) is 60.2 Å². The van der Waals surface area contributed by atoms with Crippen LogP contribution in [0.4, 0.5) is 0 Å². The van der Waals surface area contributed by atoms with Crippen molar-refractivity contribution in [1.29, 1.82) is 0 Å². The molecule has 0 saturated carbocycles. The van der Waals surface area contributed by atoms with Gasteiger partial charge in [0.15, 0.2) is 12.2 Å². The molecule has 2 aromatic carbocycles. The van der Waals surface area contributed by atoms with Crippen molar-refractivity contribution >= 4 is 17.5 Å². The Morgan fingerprint density at radius 3 is 2.10 bits per heavy atom. The number of aliphatic hydroxyl groups excluding tert-OH is 2. The van der Waals surface area contributed by atoms with Crippen molar-refractivity contribution in [3.05, 3.63) is 76.9 Å². The minimum atomic E-state index is -2.27. The average Bonchev–Trinajstić information content (AvgIpc) is 3.07. The molecule has 0 fully saturated rings. The number of hydrogen-bond donors (Lipinski definition) is 4. The smallest absolute Gasteiger partial charge is 0.335 e. The summed E-state index contributed by atoms with van der Waals surface area (Å²) in [4.78, 5) is 22.0. The number of aliphatic carboxylic acids is 2. The van der Waals surface area contributed by atoms with E-state index in [2.05, 4.69) is 66.5 Å². The fourth-order valence-electron chi connectivity index (χ4n) is 4.01. The SMILES string of the molecule is CN1CCC2=C(C1)C(c1ccccc1)c1ccccc12.O=C(O)[C@H](O)[C@@H](O)C(=O)O. The molecule has 0 amide bonds. The Morgan fingerprint density at radius 2 is 1.50 bits per heavy atom. The van der Waals surface area contributed by atoms with E-state index in [0.29, 0.717) is 5.92 Å². The standard InChI is InChI=1S/C19H19N.C4H6O6/c1-20-12-11-16-15-9-5-6-10-17(15)19(18(16)13-20)14-7-3-2-4-8-14;5-1(3(7)8)2(6)4(9)10/h2-10,19H,11-13H2,1H3;1-2,5-6H,(H,7,8)(H,9,10)/t;1-,2-/m.1/s1. The van der Waals surface area contributed by atoms with Gasteiger partial charge < -0.3 is 25.3 Å². The number of carboxylic acid groups (broad SMARTS) is 2. The second kappa shape index (κ2) is 9.21. The van der Waals surface area contributed by atoms with Crippen LogP contribution in [0.5, 0.6) is 0 Å². The molecule has 1 unspecified atom stereocenters. The maximum Gasteiger partial charge on any atom is 0.335 e. The highest BCUT2D eigenvalue weighted by atomic mass is 16.4. The number of nitrogens with zero attached hydrogens (tertiary/aromatic N) is 1. The number of fused-ring (bicyclic) bond motifs is 2. The Balaban J connectivity index is 0.000000220. The molecule has 1 heterocycles. The van der Waals surface area contributed by atoms with Crippen LogP contribution in [0.25, 0.3) is 5.57 Å². The van der Waals surface area contributed by atoms with Crippen molar-refractivity contribution in [3.8, 4) is 0 Å². The molecule has 0 spiro atoms. The Hall–Kier alpha value is -3.00. The third kappa shape index (κ3) is 4.43. The molecule has 7 heteroatoms. The van der Waals surface area contributed by atoms with Crippen LogP contribution in [0.2, 0.25) is 0 Å². The highest BCUT2D eigenvalue weighted by Gasteiger charge is 2.34. The molecule has 0 bridgehead atoms. The molecular weight excluding hydrogens is 386 g/mol. The quantitative estimate of drug-likeness (QED) is 0.606. The summed E-state index contributed by atoms with van der Waals surface area (Å²) in [6.07, 6.45) is -3.35. The first-order valence-electron chi connectivity index (χ1n) is 9.67. The van der Waals surface area contributed by atoms with Crippen molar-refractivity contribution in [2.24, 2.45) is 0 Å². The number of carboxylic acids is 2. The molecule has 30 heavy (non-hydrogen) atoms. The summed E-state index contributed by atoms with van der Waals surface area (Å²) >= 11 is 0. The molecule has 0 radical (unpaired) electrons. The first-order chi connectivity index (χ1) is 14.3. The molecule has 3 atom stereocenters. The van der Waals surface area contributed by atoms with Crippen LogP contribution in [0.3, 0.4) is 0 Å². The Bertz CT molecular complexity index is 937. The summed E-state index contributed by atoms with van der Waals surface area (Å²) in [5.74, 6) is -3.07. The first kappa shape index (κ1) is 21.7. The molecule has 2 aromatic rings. The highest BCUT2D eigenvalue weighted by Crippen LogP contribution is 2.48. The third-order valence-corrected chi connectivity index (χ3v) is 5.45. The van der Waals surface area contributed by atoms with Crippen LogP contribution < -0.4 is 0 Å². The maximum absolute atomic E-state index is 9.77. The minimum Gasteiger partial charge on any atom is -0.479 e. The zero-order valence-corrected chi connectivity index (χ0v) is 16.6. The van der Waals surface area contributed by atoms with Gasteiger partial charge in [-0.25, -0.2) is 9.59 Å². The number of aliphatic hydroxyl groups is 2. The lowest BCUT2D eigenvalue weighted by Crippen LogP contribution is -2.39. The zero-order chi connectivity index (χ0) is 21.8. The second-order valence-electron chi connectivity index (χ2n) is 7.49. The van der Waals surface area contributed by atoms with Crippen molar-refractivity contribution in [2.45, 2.75) is 24.5 Å². The number of benzene rings is 2. The Morgan fingerprint density at radius 1 is 0.933 bits per heavy atom. The van der Waals surface area contributed by atoms with E-state index in [0.717, 1.165) is 6.54 Å². The van der Waals surface area contributed by atoms with E-state index < -0.39 is 24.1 Å². The number of rotatable bonds is 4. The van der Waals surface area contributed by atoms with Gasteiger partial charge in [0.05, 0.1) is 0 Å². The number of hydrogen-bond acceptors (Lipinski definition) is 5. The fraction of sp³-hybridized carbons (Fsp3) is 0.304. The van der Waals surface area contributed by atoms with Gasteiger partial charge in [-0.1, -0.05) is 54.6 Å². The largest absolute Gasteiger partial charge is 0.479 e. The monoisotopic (exact) mass is 411 g/mol. The van der Waals surface area contributed by atoms with Crippen molar-refractivity contribution < 1.29 is 30.0 Å². The van der Waals surface area contributed by atoms with E-state index >= 15 is 0 Å². The number of carbonyl (C=O) groups is 2. The van der Waals surface area contributed by atoms with E-state index in [4.69, 9.17) is 20.4 Å². The van der Waals surface area contributed by atoms with E-state index in [9.17, 15) is 9.59 Å². The first-order valence-corrected chi connectivity index (χ1v) is 9.67. The van der Waals surface area contributed by atoms with Gasteiger partial charge in [-0.05, 0) is 41.3 Å². The number of likely N-dealkylation sites (N-methyl/N-ethyl adjacent to an activating group) is 1. The Labute approximate surface area is 174 Å². The van der Waals surface area contributed by atoms with Crippen LogP contribution in [-0.2, 0) is 9.59 Å². The van der Waals surface area contributed by atoms with E-state index in [1.807, 2.05) is 0 Å². The van der Waals surface area contributed by atoms with Gasteiger partial charge in [0.1, 0.15) is 0 Å². The van der Waals surface area contributed by atoms with E-state index in [1.165, 1.54) is 29.7 Å². The Kier molecular flexibility index (Phi) is 6.66. The van der Waals surface area contributed by atoms with Gasteiger partial charge in [-0.2, -0.15) is 0 Å². The molecule has 0 saturated heterocycles. The normalized spacial score (nSPS) is 19.8. The minimum absolute atomic E-state index is 0.463. The summed E-state index contributed by atoms with van der Waals surface area (Å²) in [7, 11) is 2.23. The summed E-state index contributed by atoms with van der Waals surface area (Å²) in [6.45, 7) is 2.28. The third-order valence-electron chi connectivity index (χ3n) is 5.45. The predicted molar refractivity (Wildman–Crippen MR) is 111 cm³/mol. The highest BCUT2D eigenvalue weighted by molar-refractivity contribution is 5.83. The van der Waals surface area contributed by atoms with Crippen molar-refractivity contribution in [2.75, 3.05) is 20.1 Å². The summed E-state index contributed by atoms with van der Waals surface area (Å²) in [5, 5.41) is 32.5. The van der Waals surface area contributed by atoms with Gasteiger partial charge >= 0.3 is 11.9 Å². The molecule has 4 rings (SSSR count). The summed E-state index contributed by atoms with van der Waals surface area (Å²) in [6, 6.07) is 19.9. The van der Waals surface area contributed by atoms with E-state index in [-0.39, 0.29) is 0 Å². The van der Waals surface area contributed by atoms with Gasteiger partial charge in [-0.15, -0.1) is 0 Å². The topological polar surface area (TPSA) is 118 Å². The molecular formula is C23H25NO6.